The summed E-state index contributed by atoms with van der Waals surface area (Å²) in [4.78, 5) is 37.9. The highest BCUT2D eigenvalue weighted by molar-refractivity contribution is 7.90. The van der Waals surface area contributed by atoms with Gasteiger partial charge in [0.25, 0.3) is 5.91 Å². The second-order valence-electron chi connectivity index (χ2n) is 10.9. The molecule has 0 radical (unpaired) electrons. The van der Waals surface area contributed by atoms with E-state index in [4.69, 9.17) is 16.9 Å². The van der Waals surface area contributed by atoms with Crippen LogP contribution in [0.1, 0.15) is 27.0 Å². The molecule has 0 bridgehead atoms. The first-order valence-corrected chi connectivity index (χ1v) is 15.6. The molecule has 10 nitrogen and oxygen atoms in total. The molecule has 0 spiro atoms. The number of carbonyl (C=O) groups excluding carboxylic acids is 2. The molecule has 1 unspecified atom stereocenters. The summed E-state index contributed by atoms with van der Waals surface area (Å²) < 4.78 is 26.2. The van der Waals surface area contributed by atoms with Crippen LogP contribution in [-0.2, 0) is 27.7 Å². The number of pyridine rings is 2. The second-order valence-corrected chi connectivity index (χ2v) is 13.4. The highest BCUT2D eigenvalue weighted by Crippen LogP contribution is 2.52. The van der Waals surface area contributed by atoms with Gasteiger partial charge in [-0.1, -0.05) is 0 Å². The Labute approximate surface area is 248 Å². The molecule has 3 aliphatic rings. The highest BCUT2D eigenvalue weighted by atomic mass is 35.5. The van der Waals surface area contributed by atoms with E-state index in [0.717, 1.165) is 11.1 Å². The van der Waals surface area contributed by atoms with Gasteiger partial charge in [0.05, 0.1) is 11.6 Å². The topological polar surface area (TPSA) is 136 Å². The summed E-state index contributed by atoms with van der Waals surface area (Å²) in [6.07, 6.45) is 8.81. The van der Waals surface area contributed by atoms with Crippen molar-refractivity contribution >= 4 is 33.3 Å². The molecule has 4 heterocycles. The number of sulfonamides is 1. The summed E-state index contributed by atoms with van der Waals surface area (Å²) in [5.41, 5.74) is 1.50. The number of nitriles is 1. The molecule has 1 aromatic carbocycles. The summed E-state index contributed by atoms with van der Waals surface area (Å²) in [7, 11) is -3.56. The van der Waals surface area contributed by atoms with E-state index in [9.17, 15) is 18.0 Å². The minimum absolute atomic E-state index is 0.0696. The lowest BCUT2D eigenvalue weighted by molar-refractivity contribution is -0.132. The van der Waals surface area contributed by atoms with E-state index in [1.54, 1.807) is 54.0 Å². The predicted molar refractivity (Wildman–Crippen MR) is 154 cm³/mol. The highest BCUT2D eigenvalue weighted by Gasteiger charge is 2.65. The Bertz CT molecular complexity index is 1640. The zero-order valence-corrected chi connectivity index (χ0v) is 24.0. The van der Waals surface area contributed by atoms with Gasteiger partial charge in [-0.3, -0.25) is 24.5 Å². The number of aromatic nitrogens is 2. The van der Waals surface area contributed by atoms with Crippen molar-refractivity contribution in [3.05, 3.63) is 107 Å². The largest absolute Gasteiger partial charge is 0.357 e. The summed E-state index contributed by atoms with van der Waals surface area (Å²) in [6, 6.07) is 15.5. The number of allylic oxidation sites excluding steroid dienone is 1. The molecule has 1 saturated carbocycles. The fraction of sp³-hybridized carbons (Fsp3) is 0.300. The standard InChI is InChI=1S/C30H27ClN6O4S/c31-19-42(40,41)36-17-24-25(18-36)28(24)37-27(13-26(38)23-3-1-22(16-32)2-4-23)35-30(29(37)39,14-20-5-9-33-10-6-20)15-21-7-11-34-12-8-21/h1-13,24-25,28,35H,14-15,17-19H2/b27-13+/t24-,25+,28?. The lowest BCUT2D eigenvalue weighted by atomic mass is 9.85. The zero-order chi connectivity index (χ0) is 29.5. The Hall–Kier alpha value is -4.11. The number of nitrogens with zero attached hydrogens (tertiary/aromatic N) is 5. The van der Waals surface area contributed by atoms with Crippen molar-refractivity contribution in [3.63, 3.8) is 0 Å². The van der Waals surface area contributed by atoms with Crippen LogP contribution in [0.15, 0.2) is 85.2 Å². The summed E-state index contributed by atoms with van der Waals surface area (Å²) in [6.45, 7) is 0.541. The molecule has 1 aliphatic carbocycles. The first-order valence-electron chi connectivity index (χ1n) is 13.4. The maximum Gasteiger partial charge on any atom is 0.254 e. The van der Waals surface area contributed by atoms with Gasteiger partial charge in [0, 0.05) is 80.2 Å². The van der Waals surface area contributed by atoms with Crippen molar-refractivity contribution in [3.8, 4) is 6.07 Å². The van der Waals surface area contributed by atoms with Crippen LogP contribution >= 0.6 is 11.6 Å². The smallest absolute Gasteiger partial charge is 0.254 e. The molecule has 1 amide bonds. The van der Waals surface area contributed by atoms with Crippen molar-refractivity contribution in [2.75, 3.05) is 18.3 Å². The molecule has 2 aliphatic heterocycles. The van der Waals surface area contributed by atoms with Crippen LogP contribution in [-0.4, -0.2) is 69.2 Å². The zero-order valence-electron chi connectivity index (χ0n) is 22.4. The second kappa shape index (κ2) is 10.9. The van der Waals surface area contributed by atoms with Crippen LogP contribution in [0.2, 0.25) is 0 Å². The minimum atomic E-state index is -3.56. The Morgan fingerprint density at radius 1 is 1.00 bits per heavy atom. The fourth-order valence-electron chi connectivity index (χ4n) is 6.15. The third-order valence-electron chi connectivity index (χ3n) is 8.28. The van der Waals surface area contributed by atoms with Crippen LogP contribution in [0.4, 0.5) is 0 Å². The van der Waals surface area contributed by atoms with Gasteiger partial charge in [0.15, 0.2) is 5.78 Å². The predicted octanol–water partition coefficient (Wildman–Crippen LogP) is 2.48. The lowest BCUT2D eigenvalue weighted by Gasteiger charge is -2.28. The van der Waals surface area contributed by atoms with Gasteiger partial charge in [-0.25, -0.2) is 12.7 Å². The van der Waals surface area contributed by atoms with Crippen molar-refractivity contribution in [1.29, 1.82) is 5.26 Å². The van der Waals surface area contributed by atoms with Gasteiger partial charge in [0.2, 0.25) is 10.0 Å². The summed E-state index contributed by atoms with van der Waals surface area (Å²) in [5, 5.41) is 12.1. The van der Waals surface area contributed by atoms with Crippen molar-refractivity contribution in [1.82, 2.24) is 24.5 Å². The number of rotatable bonds is 9. The normalized spacial score (nSPS) is 23.8. The number of piperidine rings is 1. The molecular formula is C30H27ClN6O4S. The van der Waals surface area contributed by atoms with Crippen LogP contribution < -0.4 is 5.32 Å². The van der Waals surface area contributed by atoms with Gasteiger partial charge in [0.1, 0.15) is 16.6 Å². The summed E-state index contributed by atoms with van der Waals surface area (Å²) >= 11 is 5.69. The first kappa shape index (κ1) is 28.0. The Balaban J connectivity index is 1.38. The van der Waals surface area contributed by atoms with Crippen molar-refractivity contribution in [2.45, 2.75) is 24.4 Å². The number of hydrogen-bond acceptors (Lipinski definition) is 8. The van der Waals surface area contributed by atoms with E-state index < -0.39 is 20.8 Å². The van der Waals surface area contributed by atoms with Gasteiger partial charge in [-0.2, -0.15) is 5.26 Å². The van der Waals surface area contributed by atoms with Gasteiger partial charge >= 0.3 is 0 Å². The molecule has 1 N–H and O–H groups in total. The molecule has 214 valence electrons. The van der Waals surface area contributed by atoms with Gasteiger partial charge in [-0.05, 0) is 59.7 Å². The first-order chi connectivity index (χ1) is 20.2. The van der Waals surface area contributed by atoms with Crippen LogP contribution in [0.3, 0.4) is 0 Å². The number of nitrogens with one attached hydrogen (secondary N) is 1. The molecule has 12 heteroatoms. The monoisotopic (exact) mass is 602 g/mol. The van der Waals surface area contributed by atoms with Crippen molar-refractivity contribution in [2.24, 2.45) is 11.8 Å². The molecule has 2 aromatic heterocycles. The quantitative estimate of drug-likeness (QED) is 0.224. The maximum atomic E-state index is 14.6. The SMILES string of the molecule is N#Cc1ccc(C(=O)/C=C2\NC(Cc3ccncc3)(Cc3ccncc3)C(=O)N2C2[C@H]3CN(S(=O)(=O)CCl)C[C@@H]23)cc1. The van der Waals surface area contributed by atoms with E-state index in [0.29, 0.717) is 29.8 Å². The van der Waals surface area contributed by atoms with E-state index in [-0.39, 0.29) is 42.7 Å². The Kier molecular flexibility index (Phi) is 7.30. The number of benzene rings is 1. The van der Waals surface area contributed by atoms with E-state index in [2.05, 4.69) is 15.3 Å². The minimum Gasteiger partial charge on any atom is -0.357 e. The fourth-order valence-corrected chi connectivity index (χ4v) is 7.50. The van der Waals surface area contributed by atoms with Gasteiger partial charge in [-0.15, -0.1) is 11.6 Å². The number of halogens is 1. The van der Waals surface area contributed by atoms with Crippen molar-refractivity contribution < 1.29 is 18.0 Å². The van der Waals surface area contributed by atoms with Crippen LogP contribution in [0.25, 0.3) is 0 Å². The molecule has 3 fully saturated rings. The lowest BCUT2D eigenvalue weighted by Crippen LogP contribution is -2.51. The Morgan fingerprint density at radius 3 is 2.05 bits per heavy atom. The number of amides is 1. The van der Waals surface area contributed by atoms with Crippen LogP contribution in [0, 0.1) is 23.2 Å². The van der Waals surface area contributed by atoms with E-state index >= 15 is 0 Å². The maximum absolute atomic E-state index is 14.6. The molecule has 2 saturated heterocycles. The average molecular weight is 603 g/mol. The molecule has 3 aromatic rings. The van der Waals surface area contributed by atoms with E-state index in [1.165, 1.54) is 10.4 Å². The number of hydrogen-bond donors (Lipinski definition) is 1. The third kappa shape index (κ3) is 5.17. The van der Waals surface area contributed by atoms with Crippen LogP contribution in [0.5, 0.6) is 0 Å². The van der Waals surface area contributed by atoms with Gasteiger partial charge < -0.3 is 5.32 Å². The molecule has 42 heavy (non-hydrogen) atoms. The van der Waals surface area contributed by atoms with E-state index in [1.807, 2.05) is 30.3 Å². The average Bonchev–Trinajstić information content (AvgIpc) is 3.33. The molecule has 3 atom stereocenters. The molecular weight excluding hydrogens is 576 g/mol. The Morgan fingerprint density at radius 2 is 1.55 bits per heavy atom. The third-order valence-corrected chi connectivity index (χ3v) is 10.5. The molecule has 6 rings (SSSR count). The number of ketones is 1. The summed E-state index contributed by atoms with van der Waals surface area (Å²) in [5.74, 6) is -0.259. The number of carbonyl (C=O) groups is 2. The number of fused-ring (bicyclic) bond motifs is 1. The number of alkyl halides is 1.